The summed E-state index contributed by atoms with van der Waals surface area (Å²) in [6.07, 6.45) is -0.495. The second-order valence-corrected chi connectivity index (χ2v) is 4.22. The smallest absolute Gasteiger partial charge is 0.230 e. The van der Waals surface area contributed by atoms with E-state index in [1.165, 1.54) is 4.90 Å². The zero-order valence-corrected chi connectivity index (χ0v) is 9.44. The van der Waals surface area contributed by atoms with Crippen molar-refractivity contribution in [3.63, 3.8) is 0 Å². The van der Waals surface area contributed by atoms with Crippen molar-refractivity contribution in [1.82, 2.24) is 4.98 Å². The molecule has 1 aromatic rings. The number of pyridine rings is 1. The van der Waals surface area contributed by atoms with Gasteiger partial charge in [0.15, 0.2) is 5.82 Å². The molecular weight excluding hydrogens is 262 g/mol. The highest BCUT2D eigenvalue weighted by Crippen LogP contribution is 2.26. The van der Waals surface area contributed by atoms with Gasteiger partial charge >= 0.3 is 0 Å². The van der Waals surface area contributed by atoms with Crippen LogP contribution in [0.25, 0.3) is 0 Å². The summed E-state index contributed by atoms with van der Waals surface area (Å²) in [5, 5.41) is 9.35. The molecule has 0 aliphatic carbocycles. The molecule has 0 aromatic carbocycles. The van der Waals surface area contributed by atoms with E-state index < -0.39 is 6.10 Å². The topological polar surface area (TPSA) is 79.4 Å². The van der Waals surface area contributed by atoms with Crippen LogP contribution in [0.3, 0.4) is 0 Å². The minimum Gasteiger partial charge on any atom is -0.396 e. The Hall–Kier alpha value is -1.14. The highest BCUT2D eigenvalue weighted by atomic mass is 79.9. The maximum Gasteiger partial charge on any atom is 0.230 e. The van der Waals surface area contributed by atoms with E-state index >= 15 is 0 Å². The van der Waals surface area contributed by atoms with E-state index in [1.807, 2.05) is 0 Å². The van der Waals surface area contributed by atoms with Crippen LogP contribution in [0.4, 0.5) is 11.5 Å². The van der Waals surface area contributed by atoms with Crippen molar-refractivity contribution in [2.45, 2.75) is 12.5 Å². The van der Waals surface area contributed by atoms with E-state index in [-0.39, 0.29) is 18.9 Å². The number of amides is 1. The van der Waals surface area contributed by atoms with Crippen LogP contribution >= 0.6 is 15.9 Å². The Morgan fingerprint density at radius 3 is 2.93 bits per heavy atom. The highest BCUT2D eigenvalue weighted by molar-refractivity contribution is 9.10. The van der Waals surface area contributed by atoms with Crippen LogP contribution in [-0.4, -0.2) is 28.6 Å². The van der Waals surface area contributed by atoms with Crippen molar-refractivity contribution in [3.8, 4) is 0 Å². The lowest BCUT2D eigenvalue weighted by Gasteiger charge is -2.16. The molecule has 80 valence electrons. The van der Waals surface area contributed by atoms with Crippen LogP contribution in [0, 0.1) is 0 Å². The Balaban J connectivity index is 2.37. The zero-order chi connectivity index (χ0) is 11.0. The number of aliphatic hydroxyl groups excluding tert-OH is 1. The van der Waals surface area contributed by atoms with Gasteiger partial charge in [-0.15, -0.1) is 0 Å². The molecule has 15 heavy (non-hydrogen) atoms. The minimum absolute atomic E-state index is 0.133. The quantitative estimate of drug-likeness (QED) is 0.730. The van der Waals surface area contributed by atoms with E-state index in [0.717, 1.165) is 0 Å². The molecule has 2 heterocycles. The number of halogens is 1. The van der Waals surface area contributed by atoms with Crippen LogP contribution in [0.5, 0.6) is 0 Å². The average Bonchev–Trinajstić information content (AvgIpc) is 2.50. The third-order valence-corrected chi connectivity index (χ3v) is 2.67. The molecule has 1 aromatic heterocycles. The molecule has 0 radical (unpaired) electrons. The Kier molecular flexibility index (Phi) is 2.62. The Morgan fingerprint density at radius 1 is 1.60 bits per heavy atom. The third-order valence-electron chi connectivity index (χ3n) is 2.23. The second-order valence-electron chi connectivity index (χ2n) is 3.41. The molecule has 1 fully saturated rings. The standard InChI is InChI=1S/C9H10BrN3O2/c10-7-2-1-6(11)9(12-7)13-4-5(14)3-8(13)15/h1-2,5,14H,3-4,11H2. The van der Waals surface area contributed by atoms with Gasteiger partial charge in [0, 0.05) is 0 Å². The molecular formula is C9H10BrN3O2. The van der Waals surface area contributed by atoms with Crippen LogP contribution in [-0.2, 0) is 4.79 Å². The summed E-state index contributed by atoms with van der Waals surface area (Å²) in [7, 11) is 0. The van der Waals surface area contributed by atoms with Crippen LogP contribution in [0.2, 0.25) is 0 Å². The van der Waals surface area contributed by atoms with Gasteiger partial charge in [-0.25, -0.2) is 4.98 Å². The number of rotatable bonds is 1. The number of aromatic nitrogens is 1. The summed E-state index contributed by atoms with van der Waals surface area (Å²) in [6, 6.07) is 3.38. The third kappa shape index (κ3) is 1.95. The van der Waals surface area contributed by atoms with Crippen molar-refractivity contribution in [3.05, 3.63) is 16.7 Å². The van der Waals surface area contributed by atoms with Crippen molar-refractivity contribution >= 4 is 33.3 Å². The molecule has 1 amide bonds. The maximum absolute atomic E-state index is 11.5. The maximum atomic E-state index is 11.5. The van der Waals surface area contributed by atoms with Crippen LogP contribution in [0.1, 0.15) is 6.42 Å². The van der Waals surface area contributed by atoms with Crippen molar-refractivity contribution in [2.75, 3.05) is 17.2 Å². The fourth-order valence-electron chi connectivity index (χ4n) is 1.55. The predicted molar refractivity (Wildman–Crippen MR) is 59.3 cm³/mol. The molecule has 1 atom stereocenters. The number of β-amino-alcohol motifs (C(OH)–C–C–N with tert-alkyl or cyclic N) is 1. The molecule has 2 rings (SSSR count). The fourth-order valence-corrected chi connectivity index (χ4v) is 1.85. The summed E-state index contributed by atoms with van der Waals surface area (Å²) in [5.74, 6) is 0.255. The molecule has 5 nitrogen and oxygen atoms in total. The summed E-state index contributed by atoms with van der Waals surface area (Å²) in [4.78, 5) is 17.0. The van der Waals surface area contributed by atoms with Gasteiger partial charge in [0.2, 0.25) is 5.91 Å². The number of anilines is 2. The average molecular weight is 272 g/mol. The fraction of sp³-hybridized carbons (Fsp3) is 0.333. The molecule has 0 saturated carbocycles. The monoisotopic (exact) mass is 271 g/mol. The van der Waals surface area contributed by atoms with Gasteiger partial charge in [0.05, 0.1) is 24.8 Å². The lowest BCUT2D eigenvalue weighted by molar-refractivity contribution is -0.117. The van der Waals surface area contributed by atoms with Crippen LogP contribution < -0.4 is 10.6 Å². The minimum atomic E-state index is -0.627. The number of carbonyl (C=O) groups is 1. The summed E-state index contributed by atoms with van der Waals surface area (Å²) < 4.78 is 0.612. The van der Waals surface area contributed by atoms with E-state index in [9.17, 15) is 9.90 Å². The first-order valence-electron chi connectivity index (χ1n) is 4.48. The Bertz CT molecular complexity index is 410. The van der Waals surface area contributed by atoms with Gasteiger partial charge in [0.1, 0.15) is 4.60 Å². The number of carbonyl (C=O) groups excluding carboxylic acids is 1. The van der Waals surface area contributed by atoms with Gasteiger partial charge in [-0.3, -0.25) is 9.69 Å². The summed E-state index contributed by atoms with van der Waals surface area (Å²) >= 11 is 3.21. The molecule has 0 bridgehead atoms. The number of hydrogen-bond donors (Lipinski definition) is 2. The summed E-state index contributed by atoms with van der Waals surface area (Å²) in [5.41, 5.74) is 6.15. The van der Waals surface area contributed by atoms with Crippen LogP contribution in [0.15, 0.2) is 16.7 Å². The highest BCUT2D eigenvalue weighted by Gasteiger charge is 2.31. The van der Waals surface area contributed by atoms with Gasteiger partial charge < -0.3 is 10.8 Å². The van der Waals surface area contributed by atoms with Gasteiger partial charge in [-0.2, -0.15) is 0 Å². The molecule has 1 aliphatic heterocycles. The lowest BCUT2D eigenvalue weighted by Crippen LogP contribution is -2.27. The number of nitrogen functional groups attached to an aromatic ring is 1. The van der Waals surface area contributed by atoms with E-state index in [1.54, 1.807) is 12.1 Å². The number of aliphatic hydroxyl groups is 1. The molecule has 6 heteroatoms. The number of nitrogens with two attached hydrogens (primary N) is 1. The molecule has 0 spiro atoms. The predicted octanol–water partition coefficient (Wildman–Crippen LogP) is 0.524. The molecule has 1 aliphatic rings. The molecule has 1 saturated heterocycles. The van der Waals surface area contributed by atoms with Crippen molar-refractivity contribution in [1.29, 1.82) is 0 Å². The molecule has 1 unspecified atom stereocenters. The molecule has 3 N–H and O–H groups in total. The first kappa shape index (κ1) is 10.4. The number of nitrogens with zero attached hydrogens (tertiary/aromatic N) is 2. The van der Waals surface area contributed by atoms with Gasteiger partial charge in [-0.1, -0.05) is 0 Å². The Labute approximate surface area is 95.0 Å². The summed E-state index contributed by atoms with van der Waals surface area (Å²) in [6.45, 7) is 0.256. The lowest BCUT2D eigenvalue weighted by atomic mass is 10.3. The van der Waals surface area contributed by atoms with Gasteiger partial charge in [0.25, 0.3) is 0 Å². The zero-order valence-electron chi connectivity index (χ0n) is 7.85. The van der Waals surface area contributed by atoms with E-state index in [4.69, 9.17) is 5.73 Å². The second kappa shape index (κ2) is 3.79. The van der Waals surface area contributed by atoms with E-state index in [0.29, 0.717) is 16.1 Å². The largest absolute Gasteiger partial charge is 0.396 e. The van der Waals surface area contributed by atoms with Gasteiger partial charge in [-0.05, 0) is 28.1 Å². The van der Waals surface area contributed by atoms with E-state index in [2.05, 4.69) is 20.9 Å². The number of hydrogen-bond acceptors (Lipinski definition) is 4. The first-order valence-corrected chi connectivity index (χ1v) is 5.27. The Morgan fingerprint density at radius 2 is 2.33 bits per heavy atom. The van der Waals surface area contributed by atoms with Crippen molar-refractivity contribution in [2.24, 2.45) is 0 Å². The first-order chi connectivity index (χ1) is 7.08. The SMILES string of the molecule is Nc1ccc(Br)nc1N1CC(O)CC1=O. The normalized spacial score (nSPS) is 21.1. The van der Waals surface area contributed by atoms with Crippen molar-refractivity contribution < 1.29 is 9.90 Å².